The van der Waals surface area contributed by atoms with E-state index in [9.17, 15) is 13.2 Å². The van der Waals surface area contributed by atoms with Crippen LogP contribution in [0.5, 0.6) is 11.5 Å². The highest BCUT2D eigenvalue weighted by Crippen LogP contribution is 2.27. The third-order valence-corrected chi connectivity index (χ3v) is 5.80. The van der Waals surface area contributed by atoms with Crippen molar-refractivity contribution in [2.75, 3.05) is 24.8 Å². The van der Waals surface area contributed by atoms with Crippen molar-refractivity contribution in [3.05, 3.63) is 54.1 Å². The van der Waals surface area contributed by atoms with Gasteiger partial charge in [0.15, 0.2) is 0 Å². The van der Waals surface area contributed by atoms with Crippen LogP contribution in [0.3, 0.4) is 0 Å². The minimum absolute atomic E-state index is 0.309. The maximum Gasteiger partial charge on any atom is 0.244 e. The second-order valence-electron chi connectivity index (χ2n) is 6.65. The van der Waals surface area contributed by atoms with E-state index < -0.39 is 16.1 Å². The Morgan fingerprint density at radius 2 is 1.69 bits per heavy atom. The van der Waals surface area contributed by atoms with Gasteiger partial charge >= 0.3 is 0 Å². The topological polar surface area (TPSA) is 84.9 Å². The monoisotopic (exact) mass is 420 g/mol. The summed E-state index contributed by atoms with van der Waals surface area (Å²) in [5.41, 5.74) is 1.22. The maximum atomic E-state index is 13.1. The molecule has 2 atom stereocenters. The van der Waals surface area contributed by atoms with Crippen LogP contribution in [0.15, 0.2) is 48.5 Å². The predicted octanol–water partition coefficient (Wildman–Crippen LogP) is 3.13. The summed E-state index contributed by atoms with van der Waals surface area (Å²) in [6.07, 6.45) is 1.40. The molecule has 0 aliphatic heterocycles. The number of methoxy groups -OCH3 is 2. The highest BCUT2D eigenvalue weighted by molar-refractivity contribution is 7.92. The summed E-state index contributed by atoms with van der Waals surface area (Å²) in [6.45, 7) is 3.61. The molecule has 0 fully saturated rings. The number of amides is 1. The number of benzene rings is 2. The molecule has 0 saturated carbocycles. The van der Waals surface area contributed by atoms with E-state index in [1.807, 2.05) is 31.2 Å². The van der Waals surface area contributed by atoms with Gasteiger partial charge in [-0.15, -0.1) is 0 Å². The number of hydrogen-bond acceptors (Lipinski definition) is 5. The molecule has 2 rings (SSSR count). The second-order valence-corrected chi connectivity index (χ2v) is 8.51. The van der Waals surface area contributed by atoms with Crippen LogP contribution in [-0.2, 0) is 14.8 Å². The van der Waals surface area contributed by atoms with Crippen molar-refractivity contribution in [3.63, 3.8) is 0 Å². The number of nitrogens with zero attached hydrogens (tertiary/aromatic N) is 1. The predicted molar refractivity (Wildman–Crippen MR) is 114 cm³/mol. The van der Waals surface area contributed by atoms with E-state index in [0.29, 0.717) is 23.6 Å². The van der Waals surface area contributed by atoms with Crippen molar-refractivity contribution in [1.29, 1.82) is 0 Å². The molecule has 7 nitrogen and oxygen atoms in total. The molecule has 158 valence electrons. The third kappa shape index (κ3) is 5.41. The van der Waals surface area contributed by atoms with Gasteiger partial charge in [0.25, 0.3) is 0 Å². The molecule has 0 aromatic heterocycles. The zero-order valence-electron chi connectivity index (χ0n) is 17.4. The Morgan fingerprint density at radius 3 is 2.21 bits per heavy atom. The van der Waals surface area contributed by atoms with Crippen molar-refractivity contribution in [2.45, 2.75) is 32.4 Å². The number of carbonyl (C=O) groups excluding carboxylic acids is 1. The van der Waals surface area contributed by atoms with E-state index in [0.717, 1.165) is 16.1 Å². The second kappa shape index (κ2) is 9.65. The molecule has 2 unspecified atom stereocenters. The van der Waals surface area contributed by atoms with E-state index in [2.05, 4.69) is 5.32 Å². The zero-order chi connectivity index (χ0) is 21.6. The van der Waals surface area contributed by atoms with Gasteiger partial charge in [-0.2, -0.15) is 0 Å². The van der Waals surface area contributed by atoms with Crippen LogP contribution in [-0.4, -0.2) is 40.8 Å². The first-order valence-electron chi connectivity index (χ1n) is 9.29. The maximum absolute atomic E-state index is 13.1. The summed E-state index contributed by atoms with van der Waals surface area (Å²) in [7, 11) is -0.601. The molecule has 0 saturated heterocycles. The number of rotatable bonds is 9. The first kappa shape index (κ1) is 22.5. The first-order valence-corrected chi connectivity index (χ1v) is 11.1. The SMILES string of the molecule is CCC(C(=O)NC(C)c1ccccc1OC)N(c1ccc(OC)cc1)S(C)(=O)=O. The fourth-order valence-corrected chi connectivity index (χ4v) is 4.41. The smallest absolute Gasteiger partial charge is 0.244 e. The Kier molecular flexibility index (Phi) is 7.50. The fourth-order valence-electron chi connectivity index (χ4n) is 3.20. The Bertz CT molecular complexity index is 928. The summed E-state index contributed by atoms with van der Waals surface area (Å²) in [6, 6.07) is 12.7. The van der Waals surface area contributed by atoms with Crippen LogP contribution in [0.1, 0.15) is 31.9 Å². The Balaban J connectivity index is 2.32. The number of anilines is 1. The van der Waals surface area contributed by atoms with E-state index >= 15 is 0 Å². The van der Waals surface area contributed by atoms with Crippen LogP contribution in [0.2, 0.25) is 0 Å². The van der Waals surface area contributed by atoms with Gasteiger partial charge in [0, 0.05) is 5.56 Å². The normalized spacial score (nSPS) is 13.3. The number of hydrogen-bond donors (Lipinski definition) is 1. The van der Waals surface area contributed by atoms with Crippen molar-refractivity contribution < 1.29 is 22.7 Å². The average molecular weight is 421 g/mol. The average Bonchev–Trinajstić information content (AvgIpc) is 2.70. The van der Waals surface area contributed by atoms with Gasteiger partial charge in [0.05, 0.1) is 32.2 Å². The Labute approximate surface area is 172 Å². The van der Waals surface area contributed by atoms with Crippen LogP contribution in [0, 0.1) is 0 Å². The molecule has 0 aliphatic carbocycles. The van der Waals surface area contributed by atoms with Crippen LogP contribution in [0.25, 0.3) is 0 Å². The van der Waals surface area contributed by atoms with Gasteiger partial charge in [-0.1, -0.05) is 25.1 Å². The lowest BCUT2D eigenvalue weighted by Crippen LogP contribution is -2.49. The number of para-hydroxylation sites is 1. The zero-order valence-corrected chi connectivity index (χ0v) is 18.2. The van der Waals surface area contributed by atoms with E-state index in [4.69, 9.17) is 9.47 Å². The minimum Gasteiger partial charge on any atom is -0.497 e. The number of nitrogens with one attached hydrogen (secondary N) is 1. The standard InChI is InChI=1S/C21H28N2O5S/c1-6-19(21(24)22-15(2)18-9-7-8-10-20(18)28-4)23(29(5,25)26)16-11-13-17(27-3)14-12-16/h7-15,19H,6H2,1-5H3,(H,22,24). The van der Waals surface area contributed by atoms with E-state index in [1.54, 1.807) is 38.3 Å². The largest absolute Gasteiger partial charge is 0.497 e. The van der Waals surface area contributed by atoms with Gasteiger partial charge < -0.3 is 14.8 Å². The highest BCUT2D eigenvalue weighted by Gasteiger charge is 2.32. The number of sulfonamides is 1. The van der Waals surface area contributed by atoms with Crippen LogP contribution >= 0.6 is 0 Å². The lowest BCUT2D eigenvalue weighted by atomic mass is 10.1. The number of ether oxygens (including phenoxy) is 2. The summed E-state index contributed by atoms with van der Waals surface area (Å²) < 4.78 is 36.7. The molecule has 0 spiro atoms. The molecule has 29 heavy (non-hydrogen) atoms. The fraction of sp³-hybridized carbons (Fsp3) is 0.381. The molecule has 0 bridgehead atoms. The summed E-state index contributed by atoms with van der Waals surface area (Å²) in [4.78, 5) is 13.1. The van der Waals surface area contributed by atoms with Crippen LogP contribution in [0.4, 0.5) is 5.69 Å². The molecule has 2 aromatic rings. The summed E-state index contributed by atoms with van der Waals surface area (Å²) >= 11 is 0. The molecule has 1 amide bonds. The third-order valence-electron chi connectivity index (χ3n) is 4.62. The van der Waals surface area contributed by atoms with Crippen molar-refractivity contribution in [3.8, 4) is 11.5 Å². The van der Waals surface area contributed by atoms with Gasteiger partial charge in [-0.25, -0.2) is 8.42 Å². The molecule has 2 aromatic carbocycles. The first-order chi connectivity index (χ1) is 13.7. The lowest BCUT2D eigenvalue weighted by molar-refractivity contribution is -0.122. The highest BCUT2D eigenvalue weighted by atomic mass is 32.2. The molecule has 1 N–H and O–H groups in total. The lowest BCUT2D eigenvalue weighted by Gasteiger charge is -2.31. The van der Waals surface area contributed by atoms with Gasteiger partial charge in [-0.05, 0) is 43.7 Å². The van der Waals surface area contributed by atoms with Crippen molar-refractivity contribution in [2.24, 2.45) is 0 Å². The van der Waals surface area contributed by atoms with E-state index in [1.165, 1.54) is 7.11 Å². The van der Waals surface area contributed by atoms with Crippen molar-refractivity contribution >= 4 is 21.6 Å². The Morgan fingerprint density at radius 1 is 1.07 bits per heavy atom. The Hall–Kier alpha value is -2.74. The molecular formula is C21H28N2O5S. The summed E-state index contributed by atoms with van der Waals surface area (Å²) in [5.74, 6) is 0.875. The molecule has 0 heterocycles. The van der Waals surface area contributed by atoms with Gasteiger partial charge in [0.2, 0.25) is 15.9 Å². The quantitative estimate of drug-likeness (QED) is 0.674. The summed E-state index contributed by atoms with van der Waals surface area (Å²) in [5, 5.41) is 2.92. The molecular weight excluding hydrogens is 392 g/mol. The van der Waals surface area contributed by atoms with Gasteiger partial charge in [0.1, 0.15) is 17.5 Å². The minimum atomic E-state index is -3.70. The van der Waals surface area contributed by atoms with Crippen LogP contribution < -0.4 is 19.1 Å². The molecule has 0 aliphatic rings. The molecule has 8 heteroatoms. The number of carbonyl (C=O) groups is 1. The van der Waals surface area contributed by atoms with Gasteiger partial charge in [-0.3, -0.25) is 9.10 Å². The van der Waals surface area contributed by atoms with E-state index in [-0.39, 0.29) is 11.9 Å². The van der Waals surface area contributed by atoms with Crippen molar-refractivity contribution in [1.82, 2.24) is 5.32 Å². The molecule has 0 radical (unpaired) electrons.